The molecule has 0 saturated heterocycles. The molecule has 4 heteroatoms. The Morgan fingerprint density at radius 1 is 1.06 bits per heavy atom. The Kier molecular flexibility index (Phi) is 7.60. The molecule has 0 aromatic rings. The fraction of sp³-hybridized carbons (Fsp3) is 0.833. The summed E-state index contributed by atoms with van der Waals surface area (Å²) in [6, 6.07) is 0. The van der Waals surface area contributed by atoms with Gasteiger partial charge in [-0.1, -0.05) is 19.8 Å². The Balaban J connectivity index is 4.16. The summed E-state index contributed by atoms with van der Waals surface area (Å²) < 4.78 is 10.2. The van der Waals surface area contributed by atoms with E-state index in [1.807, 2.05) is 0 Å². The monoisotopic (exact) mass is 230 g/mol. The van der Waals surface area contributed by atoms with Crippen LogP contribution in [0.3, 0.4) is 0 Å². The zero-order valence-electron chi connectivity index (χ0n) is 10.6. The Bertz CT molecular complexity index is 225. The summed E-state index contributed by atoms with van der Waals surface area (Å²) in [5, 5.41) is 0. The lowest BCUT2D eigenvalue weighted by Crippen LogP contribution is -2.32. The van der Waals surface area contributed by atoms with E-state index < -0.39 is 0 Å². The van der Waals surface area contributed by atoms with E-state index in [-0.39, 0.29) is 24.1 Å². The van der Waals surface area contributed by atoms with Gasteiger partial charge in [-0.25, -0.2) is 0 Å². The van der Waals surface area contributed by atoms with Crippen molar-refractivity contribution in [3.8, 4) is 0 Å². The van der Waals surface area contributed by atoms with Crippen molar-refractivity contribution in [1.29, 1.82) is 0 Å². The number of esters is 2. The maximum Gasteiger partial charge on any atom is 0.303 e. The van der Waals surface area contributed by atoms with Crippen LogP contribution in [0, 0.1) is 0 Å². The molecule has 94 valence electrons. The lowest BCUT2D eigenvalue weighted by atomic mass is 10.1. The van der Waals surface area contributed by atoms with Gasteiger partial charge in [-0.05, 0) is 19.8 Å². The van der Waals surface area contributed by atoms with E-state index in [4.69, 9.17) is 9.47 Å². The molecule has 2 atom stereocenters. The number of hydrogen-bond acceptors (Lipinski definition) is 4. The fourth-order valence-corrected chi connectivity index (χ4v) is 1.54. The molecule has 0 fully saturated rings. The van der Waals surface area contributed by atoms with Crippen LogP contribution in [-0.2, 0) is 19.1 Å². The number of ether oxygens (including phenoxy) is 2. The molecule has 0 rings (SSSR count). The summed E-state index contributed by atoms with van der Waals surface area (Å²) in [6.45, 7) is 6.58. The van der Waals surface area contributed by atoms with Gasteiger partial charge in [-0.3, -0.25) is 9.59 Å². The summed E-state index contributed by atoms with van der Waals surface area (Å²) in [4.78, 5) is 21.7. The van der Waals surface area contributed by atoms with Crippen LogP contribution in [0.5, 0.6) is 0 Å². The first-order valence-electron chi connectivity index (χ1n) is 5.81. The van der Waals surface area contributed by atoms with Gasteiger partial charge in [0.1, 0.15) is 12.2 Å². The Morgan fingerprint density at radius 2 is 1.62 bits per heavy atom. The van der Waals surface area contributed by atoms with Crippen LogP contribution in [0.2, 0.25) is 0 Å². The predicted molar refractivity (Wildman–Crippen MR) is 60.9 cm³/mol. The highest BCUT2D eigenvalue weighted by Gasteiger charge is 2.22. The molecule has 16 heavy (non-hydrogen) atoms. The SMILES string of the molecule is CCCCCC(OC(C)=O)C(C)OC(C)=O. The number of hydrogen-bond donors (Lipinski definition) is 0. The van der Waals surface area contributed by atoms with Gasteiger partial charge in [0.05, 0.1) is 0 Å². The number of carbonyl (C=O) groups is 2. The van der Waals surface area contributed by atoms with Crippen molar-refractivity contribution in [2.24, 2.45) is 0 Å². The Labute approximate surface area is 97.3 Å². The summed E-state index contributed by atoms with van der Waals surface area (Å²) in [5.74, 6) is -0.680. The highest BCUT2D eigenvalue weighted by molar-refractivity contribution is 5.67. The molecular formula is C12H22O4. The van der Waals surface area contributed by atoms with Crippen molar-refractivity contribution >= 4 is 11.9 Å². The molecule has 0 aliphatic carbocycles. The number of carbonyl (C=O) groups excluding carboxylic acids is 2. The smallest absolute Gasteiger partial charge is 0.303 e. The molecule has 2 unspecified atom stereocenters. The third kappa shape index (κ3) is 7.26. The molecule has 0 N–H and O–H groups in total. The summed E-state index contributed by atoms with van der Waals surface area (Å²) in [7, 11) is 0. The van der Waals surface area contributed by atoms with Crippen LogP contribution < -0.4 is 0 Å². The van der Waals surface area contributed by atoms with E-state index in [0.29, 0.717) is 0 Å². The Hall–Kier alpha value is -1.06. The second kappa shape index (κ2) is 8.13. The first-order chi connectivity index (χ1) is 7.47. The van der Waals surface area contributed by atoms with Gasteiger partial charge in [0.25, 0.3) is 0 Å². The van der Waals surface area contributed by atoms with Crippen molar-refractivity contribution in [2.75, 3.05) is 0 Å². The molecule has 0 bridgehead atoms. The van der Waals surface area contributed by atoms with Gasteiger partial charge >= 0.3 is 11.9 Å². The molecule has 0 aromatic heterocycles. The van der Waals surface area contributed by atoms with Gasteiger partial charge in [0.15, 0.2) is 0 Å². The van der Waals surface area contributed by atoms with Gasteiger partial charge in [0, 0.05) is 13.8 Å². The topological polar surface area (TPSA) is 52.6 Å². The summed E-state index contributed by atoms with van der Waals surface area (Å²) >= 11 is 0. The van der Waals surface area contributed by atoms with Crippen LogP contribution in [0.1, 0.15) is 53.4 Å². The van der Waals surface area contributed by atoms with Gasteiger partial charge in [0.2, 0.25) is 0 Å². The van der Waals surface area contributed by atoms with Crippen molar-refractivity contribution in [3.05, 3.63) is 0 Å². The Morgan fingerprint density at radius 3 is 2.06 bits per heavy atom. The summed E-state index contributed by atoms with van der Waals surface area (Å²) in [5.41, 5.74) is 0. The van der Waals surface area contributed by atoms with Crippen molar-refractivity contribution in [2.45, 2.75) is 65.6 Å². The van der Waals surface area contributed by atoms with E-state index in [2.05, 4.69) is 6.92 Å². The number of unbranched alkanes of at least 4 members (excludes halogenated alkanes) is 2. The maximum atomic E-state index is 10.9. The van der Waals surface area contributed by atoms with Gasteiger partial charge in [-0.15, -0.1) is 0 Å². The molecule has 0 saturated carbocycles. The second-order valence-corrected chi connectivity index (χ2v) is 3.96. The fourth-order valence-electron chi connectivity index (χ4n) is 1.54. The first-order valence-corrected chi connectivity index (χ1v) is 5.81. The van der Waals surface area contributed by atoms with Gasteiger partial charge in [-0.2, -0.15) is 0 Å². The van der Waals surface area contributed by atoms with Crippen molar-refractivity contribution in [1.82, 2.24) is 0 Å². The molecule has 0 spiro atoms. The molecule has 0 aromatic carbocycles. The van der Waals surface area contributed by atoms with E-state index >= 15 is 0 Å². The zero-order chi connectivity index (χ0) is 12.6. The van der Waals surface area contributed by atoms with Crippen molar-refractivity contribution < 1.29 is 19.1 Å². The summed E-state index contributed by atoms with van der Waals surface area (Å²) in [6.07, 6.45) is 3.20. The quantitative estimate of drug-likeness (QED) is 0.498. The predicted octanol–water partition coefficient (Wildman–Crippen LogP) is 2.45. The minimum atomic E-state index is -0.377. The normalized spacial score (nSPS) is 14.0. The molecule has 0 heterocycles. The standard InChI is InChI=1S/C12H22O4/c1-5-6-7-8-12(16-11(4)14)9(2)15-10(3)13/h9,12H,5-8H2,1-4H3. The van der Waals surface area contributed by atoms with Crippen LogP contribution in [0.15, 0.2) is 0 Å². The molecule has 4 nitrogen and oxygen atoms in total. The van der Waals surface area contributed by atoms with E-state index in [1.54, 1.807) is 6.92 Å². The van der Waals surface area contributed by atoms with Crippen LogP contribution in [0.25, 0.3) is 0 Å². The van der Waals surface area contributed by atoms with Gasteiger partial charge < -0.3 is 9.47 Å². The zero-order valence-corrected chi connectivity index (χ0v) is 10.6. The molecule has 0 aliphatic rings. The first kappa shape index (κ1) is 14.9. The second-order valence-electron chi connectivity index (χ2n) is 3.96. The molecule has 0 amide bonds. The third-order valence-electron chi connectivity index (χ3n) is 2.28. The lowest BCUT2D eigenvalue weighted by Gasteiger charge is -2.23. The van der Waals surface area contributed by atoms with Crippen LogP contribution in [0.4, 0.5) is 0 Å². The van der Waals surface area contributed by atoms with E-state index in [9.17, 15) is 9.59 Å². The van der Waals surface area contributed by atoms with Crippen molar-refractivity contribution in [3.63, 3.8) is 0 Å². The highest BCUT2D eigenvalue weighted by atomic mass is 16.6. The minimum Gasteiger partial charge on any atom is -0.459 e. The van der Waals surface area contributed by atoms with E-state index in [0.717, 1.165) is 25.7 Å². The highest BCUT2D eigenvalue weighted by Crippen LogP contribution is 2.13. The molecule has 0 radical (unpaired) electrons. The largest absolute Gasteiger partial charge is 0.459 e. The van der Waals surface area contributed by atoms with Crippen LogP contribution >= 0.6 is 0 Å². The average molecular weight is 230 g/mol. The number of rotatable bonds is 7. The van der Waals surface area contributed by atoms with Crippen LogP contribution in [-0.4, -0.2) is 24.1 Å². The average Bonchev–Trinajstić information content (AvgIpc) is 2.14. The lowest BCUT2D eigenvalue weighted by molar-refractivity contribution is -0.164. The third-order valence-corrected chi connectivity index (χ3v) is 2.28. The van der Waals surface area contributed by atoms with E-state index in [1.165, 1.54) is 13.8 Å². The molecular weight excluding hydrogens is 208 g/mol. The minimum absolute atomic E-state index is 0.326. The molecule has 0 aliphatic heterocycles. The maximum absolute atomic E-state index is 10.9.